The number of H-pyrrole nitrogens is 1. The van der Waals surface area contributed by atoms with Gasteiger partial charge in [-0.1, -0.05) is 12.1 Å². The van der Waals surface area contributed by atoms with E-state index in [1.54, 1.807) is 27.8 Å². The molecule has 3 heterocycles. The van der Waals surface area contributed by atoms with E-state index in [-0.39, 0.29) is 18.1 Å². The standard InChI is InChI=1S/C18H18N6O3/c1-2-24-14-6-7-23(9-13(14)15(22-24)18(26)27)17(25)12-5-3-4-11(8-12)16-19-10-20-21-16/h3-5,8,10H,2,6-7,9H2,1H3,(H,26,27)(H,19,20,21). The number of aromatic nitrogens is 5. The van der Waals surface area contributed by atoms with Gasteiger partial charge in [-0.2, -0.15) is 10.2 Å². The number of fused-ring (bicyclic) bond motifs is 1. The fourth-order valence-electron chi connectivity index (χ4n) is 3.42. The van der Waals surface area contributed by atoms with Crippen molar-refractivity contribution in [3.05, 3.63) is 53.1 Å². The number of carboxylic acids is 1. The summed E-state index contributed by atoms with van der Waals surface area (Å²) in [4.78, 5) is 30.3. The number of carboxylic acid groups (broad SMARTS) is 1. The highest BCUT2D eigenvalue weighted by Gasteiger charge is 2.30. The van der Waals surface area contributed by atoms with Crippen LogP contribution in [-0.2, 0) is 19.5 Å². The fourth-order valence-corrected chi connectivity index (χ4v) is 3.42. The zero-order valence-electron chi connectivity index (χ0n) is 14.7. The first kappa shape index (κ1) is 17.0. The predicted octanol–water partition coefficient (Wildman–Crippen LogP) is 1.58. The summed E-state index contributed by atoms with van der Waals surface area (Å²) in [6.45, 7) is 3.28. The van der Waals surface area contributed by atoms with Gasteiger partial charge in [0.1, 0.15) is 6.33 Å². The summed E-state index contributed by atoms with van der Waals surface area (Å²) < 4.78 is 1.71. The molecular weight excluding hydrogens is 348 g/mol. The zero-order chi connectivity index (χ0) is 19.0. The smallest absolute Gasteiger partial charge is 0.356 e. The Hall–Kier alpha value is -3.49. The van der Waals surface area contributed by atoms with E-state index in [1.807, 2.05) is 13.0 Å². The minimum atomic E-state index is -1.07. The van der Waals surface area contributed by atoms with Crippen molar-refractivity contribution < 1.29 is 14.7 Å². The van der Waals surface area contributed by atoms with Crippen LogP contribution in [-0.4, -0.2) is 53.4 Å². The van der Waals surface area contributed by atoms with Crippen molar-refractivity contribution in [3.63, 3.8) is 0 Å². The van der Waals surface area contributed by atoms with Crippen molar-refractivity contribution in [1.82, 2.24) is 29.9 Å². The summed E-state index contributed by atoms with van der Waals surface area (Å²) in [5, 5.41) is 20.2. The molecule has 138 valence electrons. The summed E-state index contributed by atoms with van der Waals surface area (Å²) in [6.07, 6.45) is 1.99. The van der Waals surface area contributed by atoms with Crippen LogP contribution >= 0.6 is 0 Å². The van der Waals surface area contributed by atoms with Gasteiger partial charge in [0.25, 0.3) is 5.91 Å². The lowest BCUT2D eigenvalue weighted by Crippen LogP contribution is -2.36. The van der Waals surface area contributed by atoms with Crippen LogP contribution < -0.4 is 0 Å². The molecule has 0 bridgehead atoms. The molecule has 9 nitrogen and oxygen atoms in total. The lowest BCUT2D eigenvalue weighted by Gasteiger charge is -2.28. The third-order valence-corrected chi connectivity index (χ3v) is 4.72. The lowest BCUT2D eigenvalue weighted by atomic mass is 10.0. The van der Waals surface area contributed by atoms with E-state index in [9.17, 15) is 14.7 Å². The van der Waals surface area contributed by atoms with Crippen LogP contribution in [0, 0.1) is 0 Å². The summed E-state index contributed by atoms with van der Waals surface area (Å²) >= 11 is 0. The minimum absolute atomic E-state index is 0.0276. The molecular formula is C18H18N6O3. The van der Waals surface area contributed by atoms with Crippen molar-refractivity contribution in [1.29, 1.82) is 0 Å². The first-order valence-electron chi connectivity index (χ1n) is 8.65. The number of rotatable bonds is 4. The van der Waals surface area contributed by atoms with Crippen molar-refractivity contribution in [2.45, 2.75) is 26.4 Å². The monoisotopic (exact) mass is 366 g/mol. The quantitative estimate of drug-likeness (QED) is 0.724. The second kappa shape index (κ2) is 6.67. The third kappa shape index (κ3) is 2.97. The van der Waals surface area contributed by atoms with Gasteiger partial charge < -0.3 is 10.0 Å². The maximum absolute atomic E-state index is 13.0. The van der Waals surface area contributed by atoms with Crippen LogP contribution in [0.15, 0.2) is 30.6 Å². The first-order valence-corrected chi connectivity index (χ1v) is 8.65. The predicted molar refractivity (Wildman–Crippen MR) is 95.1 cm³/mol. The van der Waals surface area contributed by atoms with Crippen molar-refractivity contribution in [2.75, 3.05) is 6.54 Å². The number of nitrogens with one attached hydrogen (secondary N) is 1. The highest BCUT2D eigenvalue weighted by molar-refractivity contribution is 5.96. The molecule has 1 aliphatic rings. The molecule has 9 heteroatoms. The summed E-state index contributed by atoms with van der Waals surface area (Å²) in [6, 6.07) is 7.13. The van der Waals surface area contributed by atoms with Crippen LogP contribution in [0.5, 0.6) is 0 Å². The molecule has 0 fully saturated rings. The molecule has 1 amide bonds. The summed E-state index contributed by atoms with van der Waals surface area (Å²) in [7, 11) is 0. The van der Waals surface area contributed by atoms with E-state index in [2.05, 4.69) is 20.3 Å². The molecule has 0 unspecified atom stereocenters. The molecule has 0 saturated heterocycles. The Balaban J connectivity index is 1.63. The van der Waals surface area contributed by atoms with Crippen LogP contribution in [0.2, 0.25) is 0 Å². The van der Waals surface area contributed by atoms with Crippen molar-refractivity contribution in [2.24, 2.45) is 0 Å². The molecule has 2 N–H and O–H groups in total. The number of aromatic amines is 1. The van der Waals surface area contributed by atoms with Gasteiger partial charge in [0, 0.05) is 41.9 Å². The Morgan fingerprint density at radius 1 is 1.33 bits per heavy atom. The first-order chi connectivity index (χ1) is 13.1. The number of nitrogens with zero attached hydrogens (tertiary/aromatic N) is 5. The van der Waals surface area contributed by atoms with Crippen LogP contribution in [0.3, 0.4) is 0 Å². The van der Waals surface area contributed by atoms with Crippen LogP contribution in [0.4, 0.5) is 0 Å². The molecule has 1 aliphatic heterocycles. The van der Waals surface area contributed by atoms with Gasteiger partial charge in [-0.15, -0.1) is 0 Å². The maximum atomic E-state index is 13.0. The molecule has 3 aromatic rings. The average molecular weight is 366 g/mol. The SMILES string of the molecule is CCn1nc(C(=O)O)c2c1CCN(C(=O)c1cccc(-c3ncn[nH]3)c1)C2. The molecule has 0 spiro atoms. The average Bonchev–Trinajstić information content (AvgIpc) is 3.35. The Morgan fingerprint density at radius 2 is 2.19 bits per heavy atom. The third-order valence-electron chi connectivity index (χ3n) is 4.72. The largest absolute Gasteiger partial charge is 0.476 e. The van der Waals surface area contributed by atoms with E-state index in [4.69, 9.17) is 0 Å². The maximum Gasteiger partial charge on any atom is 0.356 e. The van der Waals surface area contributed by atoms with Gasteiger partial charge in [-0.3, -0.25) is 14.6 Å². The molecule has 4 rings (SSSR count). The number of hydrogen-bond acceptors (Lipinski definition) is 5. The number of carbonyl (C=O) groups excluding carboxylic acids is 1. The van der Waals surface area contributed by atoms with Crippen molar-refractivity contribution in [3.8, 4) is 11.4 Å². The molecule has 2 aromatic heterocycles. The normalized spacial score (nSPS) is 13.4. The molecule has 0 atom stereocenters. The van der Waals surface area contributed by atoms with Gasteiger partial charge in [0.05, 0.1) is 6.54 Å². The van der Waals surface area contributed by atoms with Gasteiger partial charge in [-0.05, 0) is 19.1 Å². The topological polar surface area (TPSA) is 117 Å². The van der Waals surface area contributed by atoms with Crippen LogP contribution in [0.1, 0.15) is 39.0 Å². The molecule has 1 aromatic carbocycles. The Bertz CT molecular complexity index is 1010. The van der Waals surface area contributed by atoms with Gasteiger partial charge in [0.15, 0.2) is 11.5 Å². The molecule has 0 saturated carbocycles. The second-order valence-electron chi connectivity index (χ2n) is 6.29. The summed E-state index contributed by atoms with van der Waals surface area (Å²) in [5.41, 5.74) is 2.83. The highest BCUT2D eigenvalue weighted by atomic mass is 16.4. The second-order valence-corrected chi connectivity index (χ2v) is 6.29. The fraction of sp³-hybridized carbons (Fsp3) is 0.278. The number of carbonyl (C=O) groups is 2. The molecule has 27 heavy (non-hydrogen) atoms. The number of benzene rings is 1. The summed E-state index contributed by atoms with van der Waals surface area (Å²) in [5.74, 6) is -0.634. The number of hydrogen-bond donors (Lipinski definition) is 2. The minimum Gasteiger partial charge on any atom is -0.476 e. The van der Waals surface area contributed by atoms with E-state index in [0.717, 1.165) is 11.3 Å². The van der Waals surface area contributed by atoms with E-state index < -0.39 is 5.97 Å². The molecule has 0 radical (unpaired) electrons. The van der Waals surface area contributed by atoms with Gasteiger partial charge in [0.2, 0.25) is 0 Å². The number of amides is 1. The highest BCUT2D eigenvalue weighted by Crippen LogP contribution is 2.25. The van der Waals surface area contributed by atoms with Gasteiger partial charge >= 0.3 is 5.97 Å². The zero-order valence-corrected chi connectivity index (χ0v) is 14.7. The van der Waals surface area contributed by atoms with Crippen LogP contribution in [0.25, 0.3) is 11.4 Å². The number of aryl methyl sites for hydroxylation is 1. The van der Waals surface area contributed by atoms with Crippen molar-refractivity contribution >= 4 is 11.9 Å². The van der Waals surface area contributed by atoms with E-state index in [0.29, 0.717) is 36.5 Å². The van der Waals surface area contributed by atoms with E-state index >= 15 is 0 Å². The van der Waals surface area contributed by atoms with E-state index in [1.165, 1.54) is 6.33 Å². The molecule has 0 aliphatic carbocycles. The van der Waals surface area contributed by atoms with Gasteiger partial charge in [-0.25, -0.2) is 9.78 Å². The number of aromatic carboxylic acids is 1. The lowest BCUT2D eigenvalue weighted by molar-refractivity contribution is 0.0674. The Morgan fingerprint density at radius 3 is 2.89 bits per heavy atom. The Kier molecular flexibility index (Phi) is 4.19. The Labute approximate surface area is 154 Å².